The lowest BCUT2D eigenvalue weighted by atomic mass is 10.2. The van der Waals surface area contributed by atoms with Crippen molar-refractivity contribution in [3.8, 4) is 0 Å². The molecular weight excluding hydrogens is 230 g/mol. The van der Waals surface area contributed by atoms with Gasteiger partial charge < -0.3 is 10.0 Å². The summed E-state index contributed by atoms with van der Waals surface area (Å²) in [7, 11) is 0. The number of carboxylic acid groups (broad SMARTS) is 1. The number of hydrogen-bond donors (Lipinski definition) is 1. The minimum atomic E-state index is -0.940. The van der Waals surface area contributed by atoms with E-state index in [1.54, 1.807) is 0 Å². The summed E-state index contributed by atoms with van der Waals surface area (Å²) in [5.41, 5.74) is 0. The maximum Gasteiger partial charge on any atom is 0.326 e. The normalized spacial score (nSPS) is 19.8. The Labute approximate surface area is 98.2 Å². The highest BCUT2D eigenvalue weighted by atomic mass is 32.2. The molecule has 1 atom stereocenters. The van der Waals surface area contributed by atoms with Crippen molar-refractivity contribution in [2.75, 3.05) is 12.3 Å². The van der Waals surface area contributed by atoms with E-state index < -0.39 is 12.0 Å². The van der Waals surface area contributed by atoms with Gasteiger partial charge in [-0.3, -0.25) is 9.59 Å². The zero-order chi connectivity index (χ0) is 12.1. The van der Waals surface area contributed by atoms with E-state index in [1.165, 1.54) is 11.8 Å². The molecule has 0 unspecified atom stereocenters. The molecule has 1 amide bonds. The summed E-state index contributed by atoms with van der Waals surface area (Å²) in [5.74, 6) is -0.680. The van der Waals surface area contributed by atoms with Gasteiger partial charge in [-0.25, -0.2) is 4.79 Å². The van der Waals surface area contributed by atoms with Crippen LogP contribution in [0.4, 0.5) is 0 Å². The molecule has 1 fully saturated rings. The Morgan fingerprint density at radius 3 is 2.69 bits per heavy atom. The van der Waals surface area contributed by atoms with Crippen molar-refractivity contribution in [2.45, 2.75) is 32.2 Å². The first-order chi connectivity index (χ1) is 7.52. The number of hydrogen-bond acceptors (Lipinski definition) is 4. The van der Waals surface area contributed by atoms with E-state index in [4.69, 9.17) is 5.11 Å². The van der Waals surface area contributed by atoms with Gasteiger partial charge in [0.05, 0.1) is 0 Å². The zero-order valence-electron chi connectivity index (χ0n) is 9.14. The van der Waals surface area contributed by atoms with Crippen LogP contribution in [-0.2, 0) is 14.4 Å². The second kappa shape index (κ2) is 5.89. The molecule has 0 saturated carbocycles. The van der Waals surface area contributed by atoms with Crippen LogP contribution >= 0.6 is 11.8 Å². The number of nitrogens with zero attached hydrogens (tertiary/aromatic N) is 1. The summed E-state index contributed by atoms with van der Waals surface area (Å²) >= 11 is 1.09. The molecule has 0 spiro atoms. The molecule has 0 aromatic rings. The zero-order valence-corrected chi connectivity index (χ0v) is 9.96. The fourth-order valence-electron chi connectivity index (χ4n) is 1.75. The second-order valence-electron chi connectivity index (χ2n) is 3.67. The molecule has 1 N–H and O–H groups in total. The van der Waals surface area contributed by atoms with Gasteiger partial charge in [0.1, 0.15) is 6.04 Å². The largest absolute Gasteiger partial charge is 0.480 e. The molecule has 0 radical (unpaired) electrons. The Bertz CT molecular complexity index is 305. The fourth-order valence-corrected chi connectivity index (χ4v) is 2.31. The smallest absolute Gasteiger partial charge is 0.326 e. The van der Waals surface area contributed by atoms with Crippen LogP contribution in [0, 0.1) is 0 Å². The number of carboxylic acids is 1. The molecular formula is C10H15NO4S. The maximum atomic E-state index is 11.7. The number of carbonyl (C=O) groups is 3. The lowest BCUT2D eigenvalue weighted by Crippen LogP contribution is -2.40. The molecule has 90 valence electrons. The monoisotopic (exact) mass is 245 g/mol. The first kappa shape index (κ1) is 13.0. The van der Waals surface area contributed by atoms with E-state index in [0.717, 1.165) is 18.2 Å². The van der Waals surface area contributed by atoms with Crippen molar-refractivity contribution in [3.63, 3.8) is 0 Å². The first-order valence-electron chi connectivity index (χ1n) is 5.18. The van der Waals surface area contributed by atoms with E-state index >= 15 is 0 Å². The van der Waals surface area contributed by atoms with E-state index in [1.807, 2.05) is 0 Å². The van der Waals surface area contributed by atoms with Gasteiger partial charge in [-0.05, 0) is 12.8 Å². The third kappa shape index (κ3) is 3.52. The van der Waals surface area contributed by atoms with Crippen molar-refractivity contribution in [2.24, 2.45) is 0 Å². The average molecular weight is 245 g/mol. The highest BCUT2D eigenvalue weighted by molar-refractivity contribution is 8.13. The second-order valence-corrected chi connectivity index (χ2v) is 4.95. The fraction of sp³-hybridized carbons (Fsp3) is 0.700. The molecule has 1 rings (SSSR count). The molecule has 5 nitrogen and oxygen atoms in total. The van der Waals surface area contributed by atoms with Crippen LogP contribution in [0.1, 0.15) is 26.2 Å². The average Bonchev–Trinajstić information content (AvgIpc) is 2.65. The third-order valence-electron chi connectivity index (χ3n) is 2.48. The number of amides is 1. The SMILES string of the molecule is CC(=O)SCCC(=O)N1CCC[C@H]1C(=O)O. The molecule has 1 aliphatic heterocycles. The lowest BCUT2D eigenvalue weighted by molar-refractivity contribution is -0.148. The molecule has 1 heterocycles. The molecule has 1 saturated heterocycles. The van der Waals surface area contributed by atoms with Crippen molar-refractivity contribution in [3.05, 3.63) is 0 Å². The number of likely N-dealkylation sites (tertiary alicyclic amines) is 1. The van der Waals surface area contributed by atoms with Gasteiger partial charge in [0, 0.05) is 25.6 Å². The van der Waals surface area contributed by atoms with Crippen molar-refractivity contribution in [1.29, 1.82) is 0 Å². The van der Waals surface area contributed by atoms with Gasteiger partial charge in [-0.15, -0.1) is 0 Å². The molecule has 0 aromatic heterocycles. The van der Waals surface area contributed by atoms with Gasteiger partial charge in [-0.2, -0.15) is 0 Å². The highest BCUT2D eigenvalue weighted by Crippen LogP contribution is 2.19. The highest BCUT2D eigenvalue weighted by Gasteiger charge is 2.33. The summed E-state index contributed by atoms with van der Waals surface area (Å²) in [5, 5.41) is 8.87. The van der Waals surface area contributed by atoms with Gasteiger partial charge in [0.2, 0.25) is 5.91 Å². The van der Waals surface area contributed by atoms with Crippen LogP contribution in [-0.4, -0.2) is 45.3 Å². The Hall–Kier alpha value is -1.04. The minimum absolute atomic E-state index is 0.0241. The topological polar surface area (TPSA) is 74.7 Å². The number of carbonyl (C=O) groups excluding carboxylic acids is 2. The maximum absolute atomic E-state index is 11.7. The first-order valence-corrected chi connectivity index (χ1v) is 6.16. The van der Waals surface area contributed by atoms with Crippen LogP contribution in [0.3, 0.4) is 0 Å². The lowest BCUT2D eigenvalue weighted by Gasteiger charge is -2.21. The number of thioether (sulfide) groups is 1. The van der Waals surface area contributed by atoms with Crippen molar-refractivity contribution >= 4 is 28.8 Å². The molecule has 6 heteroatoms. The summed E-state index contributed by atoms with van der Waals surface area (Å²) < 4.78 is 0. The molecule has 0 bridgehead atoms. The Balaban J connectivity index is 2.41. The summed E-state index contributed by atoms with van der Waals surface area (Å²) in [6.45, 7) is 1.96. The summed E-state index contributed by atoms with van der Waals surface area (Å²) in [6.07, 6.45) is 1.50. The standard InChI is InChI=1S/C10H15NO4S/c1-7(12)16-6-4-9(13)11-5-2-3-8(11)10(14)15/h8H,2-6H2,1H3,(H,14,15)/t8-/m0/s1. The molecule has 1 aliphatic rings. The minimum Gasteiger partial charge on any atom is -0.480 e. The van der Waals surface area contributed by atoms with Crippen LogP contribution in [0.25, 0.3) is 0 Å². The quantitative estimate of drug-likeness (QED) is 0.790. The van der Waals surface area contributed by atoms with Crippen molar-refractivity contribution in [1.82, 2.24) is 4.90 Å². The summed E-state index contributed by atoms with van der Waals surface area (Å²) in [4.78, 5) is 34.6. The van der Waals surface area contributed by atoms with Crippen LogP contribution in [0.15, 0.2) is 0 Å². The van der Waals surface area contributed by atoms with Crippen molar-refractivity contribution < 1.29 is 19.5 Å². The van der Waals surface area contributed by atoms with E-state index in [2.05, 4.69) is 0 Å². The predicted octanol–water partition coefficient (Wildman–Crippen LogP) is 0.732. The van der Waals surface area contributed by atoms with Crippen LogP contribution < -0.4 is 0 Å². The Morgan fingerprint density at radius 1 is 1.44 bits per heavy atom. The van der Waals surface area contributed by atoms with Gasteiger partial charge in [0.15, 0.2) is 5.12 Å². The van der Waals surface area contributed by atoms with Gasteiger partial charge in [-0.1, -0.05) is 11.8 Å². The summed E-state index contributed by atoms with van der Waals surface area (Å²) in [6, 6.07) is -0.671. The van der Waals surface area contributed by atoms with Crippen LogP contribution in [0.2, 0.25) is 0 Å². The molecule has 0 aliphatic carbocycles. The van der Waals surface area contributed by atoms with Gasteiger partial charge >= 0.3 is 5.97 Å². The van der Waals surface area contributed by atoms with Gasteiger partial charge in [0.25, 0.3) is 0 Å². The predicted molar refractivity (Wildman–Crippen MR) is 60.1 cm³/mol. The molecule has 16 heavy (non-hydrogen) atoms. The van der Waals surface area contributed by atoms with E-state index in [9.17, 15) is 14.4 Å². The van der Waals surface area contributed by atoms with E-state index in [-0.39, 0.29) is 17.4 Å². The Kier molecular flexibility index (Phi) is 4.79. The Morgan fingerprint density at radius 2 is 2.12 bits per heavy atom. The number of aliphatic carboxylic acids is 1. The van der Waals surface area contributed by atoms with Crippen LogP contribution in [0.5, 0.6) is 0 Å². The number of rotatable bonds is 4. The third-order valence-corrected chi connectivity index (χ3v) is 3.29. The molecule has 0 aromatic carbocycles. The van der Waals surface area contributed by atoms with E-state index in [0.29, 0.717) is 18.7 Å².